The van der Waals surface area contributed by atoms with E-state index < -0.39 is 23.7 Å². The van der Waals surface area contributed by atoms with Gasteiger partial charge in [0.1, 0.15) is 11.9 Å². The number of nitrogens with zero attached hydrogens (tertiary/aromatic N) is 2. The number of nitrogens with one attached hydrogen (secondary N) is 2. The zero-order valence-corrected chi connectivity index (χ0v) is 19.8. The topological polar surface area (TPSA) is 66.9 Å². The van der Waals surface area contributed by atoms with Crippen LogP contribution in [0, 0.1) is 11.7 Å². The molecule has 1 heterocycles. The maximum Gasteiger partial charge on any atom is 0.416 e. The van der Waals surface area contributed by atoms with E-state index in [1.165, 1.54) is 41.3 Å². The number of amides is 1. The minimum absolute atomic E-state index is 0.140. The van der Waals surface area contributed by atoms with Gasteiger partial charge in [-0.25, -0.2) is 4.39 Å². The van der Waals surface area contributed by atoms with Gasteiger partial charge >= 0.3 is 6.18 Å². The molecule has 0 spiro atoms. The van der Waals surface area contributed by atoms with Crippen molar-refractivity contribution in [1.29, 1.82) is 0 Å². The van der Waals surface area contributed by atoms with Crippen LogP contribution in [0.15, 0.2) is 46.8 Å². The first-order valence-corrected chi connectivity index (χ1v) is 11.9. The third kappa shape index (κ3) is 7.05. The Kier molecular flexibility index (Phi) is 8.19. The highest BCUT2D eigenvalue weighted by Crippen LogP contribution is 2.34. The van der Waals surface area contributed by atoms with Gasteiger partial charge < -0.3 is 5.32 Å². The Hall–Kier alpha value is -2.37. The number of carbonyl (C=O) groups is 1. The Morgan fingerprint density at radius 3 is 2.45 bits per heavy atom. The molecular weight excluding hydrogens is 500 g/mol. The second-order valence-corrected chi connectivity index (χ2v) is 9.94. The molecule has 0 radical (unpaired) electrons. The van der Waals surface area contributed by atoms with E-state index in [0.717, 1.165) is 17.7 Å². The van der Waals surface area contributed by atoms with Gasteiger partial charge in [-0.15, -0.1) is 10.2 Å². The van der Waals surface area contributed by atoms with Gasteiger partial charge in [-0.05, 0) is 41.8 Å². The quantitative estimate of drug-likeness (QED) is 0.197. The van der Waals surface area contributed by atoms with Crippen LogP contribution in [-0.2, 0) is 16.7 Å². The zero-order valence-electron chi connectivity index (χ0n) is 17.4. The second kappa shape index (κ2) is 10.7. The van der Waals surface area contributed by atoms with Crippen molar-refractivity contribution >= 4 is 51.4 Å². The molecule has 0 bridgehead atoms. The number of anilines is 2. The summed E-state index contributed by atoms with van der Waals surface area (Å²) in [5.74, 6) is -0.378. The van der Waals surface area contributed by atoms with Crippen molar-refractivity contribution in [2.75, 3.05) is 10.6 Å². The lowest BCUT2D eigenvalue weighted by atomic mass is 10.0. The summed E-state index contributed by atoms with van der Waals surface area (Å²) < 4.78 is 52.2. The van der Waals surface area contributed by atoms with Crippen LogP contribution < -0.4 is 10.6 Å². The summed E-state index contributed by atoms with van der Waals surface area (Å²) in [4.78, 5) is 12.8. The summed E-state index contributed by atoms with van der Waals surface area (Å²) in [7, 11) is 0. The molecule has 33 heavy (non-hydrogen) atoms. The van der Waals surface area contributed by atoms with Gasteiger partial charge in [0.25, 0.3) is 0 Å². The van der Waals surface area contributed by atoms with E-state index in [0.29, 0.717) is 10.1 Å². The number of hydrogen-bond acceptors (Lipinski definition) is 6. The first-order chi connectivity index (χ1) is 15.5. The Labute approximate surface area is 200 Å². The lowest BCUT2D eigenvalue weighted by Gasteiger charge is -2.23. The van der Waals surface area contributed by atoms with Crippen molar-refractivity contribution in [3.63, 3.8) is 0 Å². The molecule has 5 nitrogen and oxygen atoms in total. The average Bonchev–Trinajstić information content (AvgIpc) is 3.18. The predicted molar refractivity (Wildman–Crippen MR) is 123 cm³/mol. The minimum atomic E-state index is -4.51. The SMILES string of the molecule is CC(C)[C@H](Nc1ccc(C(F)(F)F)cc1Cl)C(=O)Nc1nnc(SCc2ccc(F)cc2)s1. The van der Waals surface area contributed by atoms with Crippen LogP contribution in [0.1, 0.15) is 25.0 Å². The van der Waals surface area contributed by atoms with E-state index in [-0.39, 0.29) is 27.6 Å². The molecule has 0 aliphatic rings. The van der Waals surface area contributed by atoms with Crippen molar-refractivity contribution in [3.05, 3.63) is 64.4 Å². The highest BCUT2D eigenvalue weighted by Gasteiger charge is 2.31. The monoisotopic (exact) mass is 518 g/mol. The van der Waals surface area contributed by atoms with Crippen LogP contribution in [0.4, 0.5) is 28.4 Å². The third-order valence-corrected chi connectivity index (χ3v) is 6.82. The molecule has 2 N–H and O–H groups in total. The van der Waals surface area contributed by atoms with Crippen LogP contribution in [0.2, 0.25) is 5.02 Å². The molecule has 0 fully saturated rings. The lowest BCUT2D eigenvalue weighted by molar-refractivity contribution is -0.137. The number of carbonyl (C=O) groups excluding carboxylic acids is 1. The molecule has 1 atom stereocenters. The summed E-state index contributed by atoms with van der Waals surface area (Å²) in [6.45, 7) is 3.58. The zero-order chi connectivity index (χ0) is 24.2. The van der Waals surface area contributed by atoms with Crippen molar-refractivity contribution in [2.45, 2.75) is 36.2 Å². The standard InChI is InChI=1S/C21H19ClF4N4OS2/c1-11(2)17(27-16-8-5-13(9-15(16)22)21(24,25)26)18(31)28-19-29-30-20(33-19)32-10-12-3-6-14(23)7-4-12/h3-9,11,17,27H,10H2,1-2H3,(H,28,29,31)/t17-/m0/s1. The molecule has 1 amide bonds. The van der Waals surface area contributed by atoms with Crippen LogP contribution in [0.3, 0.4) is 0 Å². The molecule has 2 aromatic carbocycles. The molecular formula is C21H19ClF4N4OS2. The van der Waals surface area contributed by atoms with Gasteiger partial charge in [-0.2, -0.15) is 13.2 Å². The van der Waals surface area contributed by atoms with E-state index in [4.69, 9.17) is 11.6 Å². The molecule has 1 aromatic heterocycles. The molecule has 176 valence electrons. The smallest absolute Gasteiger partial charge is 0.372 e. The number of rotatable bonds is 8. The summed E-state index contributed by atoms with van der Waals surface area (Å²) in [6, 6.07) is 8.25. The first-order valence-electron chi connectivity index (χ1n) is 9.68. The van der Waals surface area contributed by atoms with Crippen molar-refractivity contribution in [1.82, 2.24) is 10.2 Å². The Bertz CT molecular complexity index is 1110. The molecule has 3 rings (SSSR count). The Morgan fingerprint density at radius 2 is 1.85 bits per heavy atom. The largest absolute Gasteiger partial charge is 0.416 e. The van der Waals surface area contributed by atoms with Gasteiger partial charge in [0.2, 0.25) is 11.0 Å². The molecule has 0 unspecified atom stereocenters. The average molecular weight is 519 g/mol. The summed E-state index contributed by atoms with van der Waals surface area (Å²) in [6.07, 6.45) is -4.51. The normalized spacial score (nSPS) is 12.6. The van der Waals surface area contributed by atoms with Crippen LogP contribution in [0.25, 0.3) is 0 Å². The first kappa shape index (κ1) is 25.3. The Balaban J connectivity index is 1.63. The van der Waals surface area contributed by atoms with E-state index in [9.17, 15) is 22.4 Å². The van der Waals surface area contributed by atoms with Crippen LogP contribution in [-0.4, -0.2) is 22.1 Å². The van der Waals surface area contributed by atoms with Crippen LogP contribution in [0.5, 0.6) is 0 Å². The molecule has 0 saturated heterocycles. The molecule has 0 aliphatic heterocycles. The van der Waals surface area contributed by atoms with Crippen molar-refractivity contribution in [3.8, 4) is 0 Å². The number of alkyl halides is 3. The number of thioether (sulfide) groups is 1. The molecule has 3 aromatic rings. The fourth-order valence-electron chi connectivity index (χ4n) is 2.74. The second-order valence-electron chi connectivity index (χ2n) is 7.34. The molecule has 12 heteroatoms. The van der Waals surface area contributed by atoms with E-state index in [2.05, 4.69) is 20.8 Å². The highest BCUT2D eigenvalue weighted by atomic mass is 35.5. The van der Waals surface area contributed by atoms with Gasteiger partial charge in [0, 0.05) is 5.75 Å². The molecule has 0 aliphatic carbocycles. The lowest BCUT2D eigenvalue weighted by Crippen LogP contribution is -2.39. The summed E-state index contributed by atoms with van der Waals surface area (Å²) in [5, 5.41) is 13.7. The van der Waals surface area contributed by atoms with Crippen molar-refractivity contribution in [2.24, 2.45) is 5.92 Å². The van der Waals surface area contributed by atoms with E-state index in [1.807, 2.05) is 0 Å². The minimum Gasteiger partial charge on any atom is -0.372 e. The maximum absolute atomic E-state index is 13.0. The summed E-state index contributed by atoms with van der Waals surface area (Å²) in [5.41, 5.74) is 0.258. The predicted octanol–water partition coefficient (Wildman–Crippen LogP) is 6.72. The molecule has 0 saturated carbocycles. The number of benzene rings is 2. The number of hydrogen-bond donors (Lipinski definition) is 2. The van der Waals surface area contributed by atoms with Gasteiger partial charge in [-0.1, -0.05) is 60.7 Å². The number of aromatic nitrogens is 2. The highest BCUT2D eigenvalue weighted by molar-refractivity contribution is 8.00. The van der Waals surface area contributed by atoms with Crippen LogP contribution >= 0.6 is 34.7 Å². The summed E-state index contributed by atoms with van der Waals surface area (Å²) >= 11 is 8.59. The Morgan fingerprint density at radius 1 is 1.15 bits per heavy atom. The van der Waals surface area contributed by atoms with Gasteiger partial charge in [0.05, 0.1) is 16.3 Å². The van der Waals surface area contributed by atoms with Gasteiger partial charge in [0.15, 0.2) is 4.34 Å². The number of halogens is 5. The van der Waals surface area contributed by atoms with E-state index >= 15 is 0 Å². The fourth-order valence-corrected chi connectivity index (χ4v) is 4.68. The third-order valence-electron chi connectivity index (χ3n) is 4.47. The van der Waals surface area contributed by atoms with Crippen molar-refractivity contribution < 1.29 is 22.4 Å². The maximum atomic E-state index is 13.0. The fraction of sp³-hybridized carbons (Fsp3) is 0.286. The van der Waals surface area contributed by atoms with E-state index in [1.54, 1.807) is 26.0 Å². The van der Waals surface area contributed by atoms with Gasteiger partial charge in [-0.3, -0.25) is 10.1 Å².